The van der Waals surface area contributed by atoms with Crippen molar-refractivity contribution in [3.63, 3.8) is 0 Å². The molecule has 0 fully saturated rings. The molecule has 2 N–H and O–H groups in total. The number of hydrogen-bond acceptors (Lipinski definition) is 10. The SMILES string of the molecule is C#Cc1cc(C(=O)CCCCC)cc(C#C)n1.CCCCCC(=O)c1cc(-c2cn(-c3ccc(C(=O)O)c(C)c3)nn2)nc(-c2cn(-c3ccc(C(=O)O)c(C(F)(F)F)c3)nn2)c1. The van der Waals surface area contributed by atoms with Gasteiger partial charge >= 0.3 is 18.1 Å². The number of nitrogens with zero attached hydrogens (tertiary/aromatic N) is 8. The van der Waals surface area contributed by atoms with Crippen LogP contribution in [0.1, 0.15) is 129 Å². The first-order valence-corrected chi connectivity index (χ1v) is 19.7. The van der Waals surface area contributed by atoms with Crippen LogP contribution in [0.25, 0.3) is 34.2 Å². The van der Waals surface area contributed by atoms with Crippen molar-refractivity contribution in [3.05, 3.63) is 118 Å². The van der Waals surface area contributed by atoms with Crippen molar-refractivity contribution in [1.82, 2.24) is 40.0 Å². The Morgan fingerprint density at radius 1 is 0.635 bits per heavy atom. The number of carboxylic acids is 2. The molecule has 322 valence electrons. The highest BCUT2D eigenvalue weighted by Crippen LogP contribution is 2.34. The Labute approximate surface area is 360 Å². The molecule has 0 saturated carbocycles. The summed E-state index contributed by atoms with van der Waals surface area (Å²) in [5.41, 5.74) is 1.46. The molecule has 14 nitrogen and oxygen atoms in total. The van der Waals surface area contributed by atoms with Gasteiger partial charge in [-0.25, -0.2) is 28.9 Å². The standard InChI is InChI=1S/C31H26F3N7O5.C15H15NO/c1-3-4-5-6-28(42)18-12-24(26-15-40(38-36-26)19-7-9-21(29(43)44)17(2)11-19)35-25(13-18)27-16-41(39-37-27)20-8-10-22(30(45)46)23(14-20)31(32,33)34;1-4-7-8-9-15(17)12-10-13(5-2)16-14(6-3)11-12/h7-16H,3-6H2,1-2H3,(H,43,44)(H,45,46);2-3,10-11H,4,7-9H2,1H3. The number of aromatic carboxylic acids is 2. The van der Waals surface area contributed by atoms with Gasteiger partial charge in [0.05, 0.1) is 51.8 Å². The zero-order valence-electron chi connectivity index (χ0n) is 34.5. The van der Waals surface area contributed by atoms with Crippen molar-refractivity contribution in [3.8, 4) is 58.8 Å². The number of aryl methyl sites for hydroxylation is 1. The molecule has 0 aliphatic rings. The van der Waals surface area contributed by atoms with E-state index in [0.29, 0.717) is 52.7 Å². The van der Waals surface area contributed by atoms with Crippen LogP contribution in [0.3, 0.4) is 0 Å². The van der Waals surface area contributed by atoms with Crippen LogP contribution in [0.15, 0.2) is 73.1 Å². The Kier molecular flexibility index (Phi) is 15.2. The second-order valence-corrected chi connectivity index (χ2v) is 14.2. The van der Waals surface area contributed by atoms with Gasteiger partial charge < -0.3 is 10.2 Å². The van der Waals surface area contributed by atoms with Crippen molar-refractivity contribution in [2.24, 2.45) is 0 Å². The summed E-state index contributed by atoms with van der Waals surface area (Å²) in [6.07, 6.45) is 14.8. The van der Waals surface area contributed by atoms with E-state index in [9.17, 15) is 42.6 Å². The molecule has 0 amide bonds. The van der Waals surface area contributed by atoms with Crippen molar-refractivity contribution in [1.29, 1.82) is 0 Å². The number of carboxylic acid groups (broad SMARTS) is 2. The Bertz CT molecular complexity index is 2730. The van der Waals surface area contributed by atoms with Crippen LogP contribution in [0, 0.1) is 31.6 Å². The topological polar surface area (TPSA) is 196 Å². The third kappa shape index (κ3) is 11.7. The van der Waals surface area contributed by atoms with Gasteiger partial charge in [-0.1, -0.05) is 61.8 Å². The van der Waals surface area contributed by atoms with Crippen LogP contribution < -0.4 is 0 Å². The molecule has 4 heterocycles. The lowest BCUT2D eigenvalue weighted by Crippen LogP contribution is -2.14. The highest BCUT2D eigenvalue weighted by Gasteiger charge is 2.36. The Hall–Kier alpha value is -7.79. The number of pyridine rings is 2. The zero-order valence-corrected chi connectivity index (χ0v) is 34.5. The van der Waals surface area contributed by atoms with E-state index in [2.05, 4.69) is 49.4 Å². The van der Waals surface area contributed by atoms with E-state index in [-0.39, 0.29) is 52.0 Å². The van der Waals surface area contributed by atoms with Gasteiger partial charge in [0.2, 0.25) is 0 Å². The first kappa shape index (κ1) is 46.3. The van der Waals surface area contributed by atoms with Gasteiger partial charge in [-0.05, 0) is 86.0 Å². The summed E-state index contributed by atoms with van der Waals surface area (Å²) in [6.45, 7) is 5.77. The van der Waals surface area contributed by atoms with Crippen LogP contribution >= 0.6 is 0 Å². The minimum absolute atomic E-state index is 0.0776. The fourth-order valence-corrected chi connectivity index (χ4v) is 6.29. The summed E-state index contributed by atoms with van der Waals surface area (Å²) < 4.78 is 43.3. The van der Waals surface area contributed by atoms with Gasteiger partial charge in [-0.15, -0.1) is 23.0 Å². The third-order valence-electron chi connectivity index (χ3n) is 9.63. The number of hydrogen-bond donors (Lipinski definition) is 2. The number of ketones is 2. The lowest BCUT2D eigenvalue weighted by molar-refractivity contribution is -0.138. The lowest BCUT2D eigenvalue weighted by atomic mass is 10.0. The molecular weight excluding hydrogens is 818 g/mol. The quantitative estimate of drug-likeness (QED) is 0.0534. The van der Waals surface area contributed by atoms with E-state index in [4.69, 9.17) is 12.8 Å². The molecule has 0 radical (unpaired) electrons. The van der Waals surface area contributed by atoms with Crippen LogP contribution in [-0.4, -0.2) is 73.7 Å². The Balaban J connectivity index is 0.000000370. The molecule has 6 aromatic rings. The van der Waals surface area contributed by atoms with Crippen molar-refractivity contribution < 1.29 is 42.6 Å². The van der Waals surface area contributed by atoms with E-state index in [1.165, 1.54) is 29.1 Å². The van der Waals surface area contributed by atoms with Gasteiger partial charge in [0.25, 0.3) is 0 Å². The molecule has 0 bridgehead atoms. The summed E-state index contributed by atoms with van der Waals surface area (Å²) in [5, 5.41) is 34.9. The van der Waals surface area contributed by atoms with Crippen LogP contribution in [-0.2, 0) is 6.18 Å². The number of aromatic nitrogens is 8. The summed E-state index contributed by atoms with van der Waals surface area (Å²) in [4.78, 5) is 56.4. The molecule has 17 heteroatoms. The lowest BCUT2D eigenvalue weighted by Gasteiger charge is -2.11. The molecule has 0 atom stereocenters. The molecular formula is C46H41F3N8O6. The van der Waals surface area contributed by atoms with E-state index in [1.807, 2.05) is 6.92 Å². The van der Waals surface area contributed by atoms with Gasteiger partial charge in [0.1, 0.15) is 22.8 Å². The third-order valence-corrected chi connectivity index (χ3v) is 9.63. The number of rotatable bonds is 16. The fourth-order valence-electron chi connectivity index (χ4n) is 6.29. The highest BCUT2D eigenvalue weighted by atomic mass is 19.4. The van der Waals surface area contributed by atoms with Gasteiger partial charge in [-0.3, -0.25) is 9.59 Å². The van der Waals surface area contributed by atoms with E-state index >= 15 is 0 Å². The second-order valence-electron chi connectivity index (χ2n) is 14.2. The van der Waals surface area contributed by atoms with Crippen LogP contribution in [0.4, 0.5) is 13.2 Å². The Morgan fingerprint density at radius 2 is 1.10 bits per heavy atom. The Morgan fingerprint density at radius 3 is 1.52 bits per heavy atom. The molecule has 6 rings (SSSR count). The summed E-state index contributed by atoms with van der Waals surface area (Å²) >= 11 is 0. The molecule has 0 unspecified atom stereocenters. The predicted molar refractivity (Wildman–Crippen MR) is 226 cm³/mol. The largest absolute Gasteiger partial charge is 0.478 e. The van der Waals surface area contributed by atoms with E-state index < -0.39 is 29.2 Å². The number of halogens is 3. The maximum Gasteiger partial charge on any atom is 0.417 e. The van der Waals surface area contributed by atoms with Crippen LogP contribution in [0.2, 0.25) is 0 Å². The second kappa shape index (κ2) is 20.7. The average molecular weight is 859 g/mol. The van der Waals surface area contributed by atoms with Crippen molar-refractivity contribution in [2.45, 2.75) is 78.3 Å². The van der Waals surface area contributed by atoms with E-state index in [1.54, 1.807) is 43.5 Å². The summed E-state index contributed by atoms with van der Waals surface area (Å²) in [7, 11) is 0. The van der Waals surface area contributed by atoms with Gasteiger partial charge in [-0.2, -0.15) is 13.2 Å². The minimum Gasteiger partial charge on any atom is -0.478 e. The number of Topliss-reactive ketones (excluding diaryl/α,β-unsaturated/α-hetero) is 2. The van der Waals surface area contributed by atoms with E-state index in [0.717, 1.165) is 42.9 Å². The number of carbonyl (C=O) groups excluding carboxylic acids is 2. The number of alkyl halides is 3. The predicted octanol–water partition coefficient (Wildman–Crippen LogP) is 8.87. The summed E-state index contributed by atoms with van der Waals surface area (Å²) in [5.74, 6) is 1.95. The zero-order chi connectivity index (χ0) is 45.8. The molecule has 0 aliphatic heterocycles. The first-order chi connectivity index (χ1) is 30.1. The number of unbranched alkanes of at least 4 members (excludes halogenated alkanes) is 4. The maximum atomic E-state index is 13.6. The van der Waals surface area contributed by atoms with Crippen molar-refractivity contribution >= 4 is 23.5 Å². The number of carbonyl (C=O) groups is 4. The normalized spacial score (nSPS) is 10.9. The first-order valence-electron chi connectivity index (χ1n) is 19.7. The van der Waals surface area contributed by atoms with Crippen molar-refractivity contribution in [2.75, 3.05) is 0 Å². The average Bonchev–Trinajstić information content (AvgIpc) is 3.98. The monoisotopic (exact) mass is 858 g/mol. The fraction of sp³-hybridized carbons (Fsp3) is 0.261. The molecule has 63 heavy (non-hydrogen) atoms. The van der Waals surface area contributed by atoms with Gasteiger partial charge in [0, 0.05) is 24.0 Å². The molecule has 0 spiro atoms. The highest BCUT2D eigenvalue weighted by molar-refractivity contribution is 5.98. The molecule has 0 aliphatic carbocycles. The maximum absolute atomic E-state index is 13.6. The smallest absolute Gasteiger partial charge is 0.417 e. The summed E-state index contributed by atoms with van der Waals surface area (Å²) in [6, 6.07) is 13.7. The molecule has 2 aromatic carbocycles. The molecule has 0 saturated heterocycles. The molecule has 4 aromatic heterocycles. The minimum atomic E-state index is -4.93. The number of terminal acetylenes is 2. The number of benzene rings is 2. The van der Waals surface area contributed by atoms with Crippen LogP contribution in [0.5, 0.6) is 0 Å². The van der Waals surface area contributed by atoms with Gasteiger partial charge in [0.15, 0.2) is 11.6 Å².